The van der Waals surface area contributed by atoms with Crippen molar-refractivity contribution in [1.29, 1.82) is 0 Å². The minimum absolute atomic E-state index is 0.0320. The number of nitrogens with one attached hydrogen (secondary N) is 1. The lowest BCUT2D eigenvalue weighted by molar-refractivity contribution is 0.0713. The fourth-order valence-electron chi connectivity index (χ4n) is 4.00. The number of amides is 1. The molecule has 0 spiro atoms. The van der Waals surface area contributed by atoms with Crippen LogP contribution in [0.3, 0.4) is 0 Å². The highest BCUT2D eigenvalue weighted by Gasteiger charge is 2.35. The lowest BCUT2D eigenvalue weighted by Crippen LogP contribution is -2.28. The van der Waals surface area contributed by atoms with Gasteiger partial charge in [0.25, 0.3) is 15.9 Å². The monoisotopic (exact) mass is 564 g/mol. The van der Waals surface area contributed by atoms with Crippen LogP contribution in [0.15, 0.2) is 57.9 Å². The molecule has 1 aliphatic rings. The van der Waals surface area contributed by atoms with E-state index in [0.717, 1.165) is 23.9 Å². The summed E-state index contributed by atoms with van der Waals surface area (Å²) in [5.41, 5.74) is 1.83. The van der Waals surface area contributed by atoms with Crippen LogP contribution in [0, 0.1) is 11.6 Å². The molecule has 1 atom stereocenters. The van der Waals surface area contributed by atoms with E-state index < -0.39 is 33.6 Å². The number of rotatable bonds is 5. The summed E-state index contributed by atoms with van der Waals surface area (Å²) in [5.74, 6) is -1.86. The molecule has 2 heterocycles. The first-order valence-corrected chi connectivity index (χ1v) is 13.0. The largest absolute Gasteiger partial charge is 0.327 e. The maximum atomic E-state index is 14.4. The fraction of sp³-hybridized carbons (Fsp3) is 0.136. The zero-order chi connectivity index (χ0) is 24.2. The van der Waals surface area contributed by atoms with Gasteiger partial charge >= 0.3 is 0 Å². The Morgan fingerprint density at radius 3 is 2.71 bits per heavy atom. The van der Waals surface area contributed by atoms with Crippen molar-refractivity contribution in [3.05, 3.63) is 81.3 Å². The van der Waals surface area contributed by atoms with Crippen molar-refractivity contribution in [3.63, 3.8) is 0 Å². The molecule has 0 unspecified atom stereocenters. The second kappa shape index (κ2) is 8.36. The highest BCUT2D eigenvalue weighted by molar-refractivity contribution is 9.10. The molecule has 12 heteroatoms. The van der Waals surface area contributed by atoms with Crippen LogP contribution in [-0.2, 0) is 16.6 Å². The first-order chi connectivity index (χ1) is 16.2. The number of carbonyl (C=O) groups is 1. The molecule has 1 amide bonds. The Labute approximate surface area is 205 Å². The average Bonchev–Trinajstić information content (AvgIpc) is 3.38. The van der Waals surface area contributed by atoms with Gasteiger partial charge in [-0.3, -0.25) is 9.52 Å². The summed E-state index contributed by atoms with van der Waals surface area (Å²) >= 11 is 4.24. The van der Waals surface area contributed by atoms with Crippen LogP contribution in [0.5, 0.6) is 0 Å². The summed E-state index contributed by atoms with van der Waals surface area (Å²) in [4.78, 5) is 14.6. The Kier molecular flexibility index (Phi) is 5.61. The Morgan fingerprint density at radius 2 is 1.94 bits per heavy atom. The van der Waals surface area contributed by atoms with Gasteiger partial charge in [-0.05, 0) is 37.3 Å². The molecule has 5 rings (SSSR count). The number of aromatic nitrogens is 2. The zero-order valence-electron chi connectivity index (χ0n) is 17.4. The predicted molar refractivity (Wildman–Crippen MR) is 127 cm³/mol. The molecule has 1 N–H and O–H groups in total. The second-order valence-corrected chi connectivity index (χ2v) is 10.8. The molecule has 3 aromatic carbocycles. The Morgan fingerprint density at radius 1 is 1.15 bits per heavy atom. The van der Waals surface area contributed by atoms with Gasteiger partial charge < -0.3 is 4.90 Å². The van der Waals surface area contributed by atoms with Crippen molar-refractivity contribution in [1.82, 2.24) is 13.6 Å². The molecule has 174 valence electrons. The van der Waals surface area contributed by atoms with Crippen LogP contribution < -0.4 is 4.72 Å². The molecule has 34 heavy (non-hydrogen) atoms. The summed E-state index contributed by atoms with van der Waals surface area (Å²) in [6.45, 7) is 1.68. The van der Waals surface area contributed by atoms with E-state index in [2.05, 4.69) is 29.4 Å². The van der Waals surface area contributed by atoms with Crippen molar-refractivity contribution in [2.75, 3.05) is 4.72 Å². The highest BCUT2D eigenvalue weighted by atomic mass is 79.9. The van der Waals surface area contributed by atoms with Gasteiger partial charge in [0.15, 0.2) is 0 Å². The van der Waals surface area contributed by atoms with Crippen LogP contribution in [-0.4, -0.2) is 28.0 Å². The third-order valence-electron chi connectivity index (χ3n) is 5.70. The first-order valence-electron chi connectivity index (χ1n) is 9.98. The Bertz CT molecular complexity index is 1580. The summed E-state index contributed by atoms with van der Waals surface area (Å²) in [5, 5.41) is 0. The Hall–Kier alpha value is -2.96. The predicted octanol–water partition coefficient (Wildman–Crippen LogP) is 5.25. The molecular weight excluding hydrogens is 550 g/mol. The van der Waals surface area contributed by atoms with Gasteiger partial charge in [-0.1, -0.05) is 28.1 Å². The minimum atomic E-state index is -4.07. The van der Waals surface area contributed by atoms with Crippen molar-refractivity contribution < 1.29 is 22.0 Å². The standard InChI is InChI=1S/C22H15BrF2N4O3S2/c1-11(14-6-5-13(24)9-17(14)25)29-10-16-15(22(29)30)7-12(23)8-19(16)28-34(31,32)20-4-2-3-18-21(20)27-33-26-18/h2-9,11,28H,10H2,1H3/t11-/m1/s1. The molecule has 7 nitrogen and oxygen atoms in total. The highest BCUT2D eigenvalue weighted by Crippen LogP contribution is 2.38. The maximum absolute atomic E-state index is 14.4. The van der Waals surface area contributed by atoms with Crippen molar-refractivity contribution in [2.24, 2.45) is 0 Å². The van der Waals surface area contributed by atoms with E-state index in [1.54, 1.807) is 31.2 Å². The molecule has 0 bridgehead atoms. The fourth-order valence-corrected chi connectivity index (χ4v) is 6.31. The van der Waals surface area contributed by atoms with Gasteiger partial charge in [-0.15, -0.1) is 0 Å². The molecule has 0 saturated heterocycles. The first kappa shape index (κ1) is 22.8. The third kappa shape index (κ3) is 3.85. The third-order valence-corrected chi connectivity index (χ3v) is 8.09. The number of nitrogens with zero attached hydrogens (tertiary/aromatic N) is 3. The molecule has 4 aromatic rings. The number of carbonyl (C=O) groups excluding carboxylic acids is 1. The number of fused-ring (bicyclic) bond motifs is 2. The summed E-state index contributed by atoms with van der Waals surface area (Å²) < 4.78 is 65.5. The lowest BCUT2D eigenvalue weighted by atomic mass is 10.1. The van der Waals surface area contributed by atoms with E-state index in [1.165, 1.54) is 17.0 Å². The smallest absolute Gasteiger partial charge is 0.264 e. The Balaban J connectivity index is 1.52. The average molecular weight is 565 g/mol. The van der Waals surface area contributed by atoms with Crippen LogP contribution in [0.1, 0.15) is 34.5 Å². The number of anilines is 1. The number of sulfonamides is 1. The van der Waals surface area contributed by atoms with Crippen molar-refractivity contribution in [3.8, 4) is 0 Å². The summed E-state index contributed by atoms with van der Waals surface area (Å²) in [7, 11) is -4.07. The van der Waals surface area contributed by atoms with Crippen LogP contribution in [0.25, 0.3) is 11.0 Å². The molecule has 0 saturated carbocycles. The van der Waals surface area contributed by atoms with E-state index in [9.17, 15) is 22.0 Å². The quantitative estimate of drug-likeness (QED) is 0.357. The number of hydrogen-bond acceptors (Lipinski definition) is 6. The van der Waals surface area contributed by atoms with Gasteiger partial charge in [-0.25, -0.2) is 17.2 Å². The van der Waals surface area contributed by atoms with E-state index in [0.29, 0.717) is 15.6 Å². The topological polar surface area (TPSA) is 92.3 Å². The molecule has 1 aliphatic heterocycles. The van der Waals surface area contributed by atoms with Gasteiger partial charge in [0.2, 0.25) is 0 Å². The molecule has 1 aromatic heterocycles. The second-order valence-electron chi connectivity index (χ2n) is 7.75. The summed E-state index contributed by atoms with van der Waals surface area (Å²) in [6, 6.07) is 10.3. The minimum Gasteiger partial charge on any atom is -0.327 e. The summed E-state index contributed by atoms with van der Waals surface area (Å²) in [6.07, 6.45) is 0. The van der Waals surface area contributed by atoms with Gasteiger partial charge in [0, 0.05) is 33.8 Å². The lowest BCUT2D eigenvalue weighted by Gasteiger charge is -2.25. The number of benzene rings is 3. The van der Waals surface area contributed by atoms with Crippen LogP contribution in [0.2, 0.25) is 0 Å². The number of halogens is 3. The normalized spacial score (nSPS) is 14.5. The van der Waals surface area contributed by atoms with Crippen LogP contribution in [0.4, 0.5) is 14.5 Å². The molecule has 0 aliphatic carbocycles. The molecule has 0 fully saturated rings. The van der Waals surface area contributed by atoms with E-state index in [-0.39, 0.29) is 33.8 Å². The van der Waals surface area contributed by atoms with Crippen molar-refractivity contribution >= 4 is 60.3 Å². The molecule has 0 radical (unpaired) electrons. The van der Waals surface area contributed by atoms with E-state index in [1.807, 2.05) is 0 Å². The van der Waals surface area contributed by atoms with Crippen molar-refractivity contribution in [2.45, 2.75) is 24.4 Å². The van der Waals surface area contributed by atoms with Gasteiger partial charge in [0.1, 0.15) is 27.6 Å². The van der Waals surface area contributed by atoms with E-state index >= 15 is 0 Å². The number of hydrogen-bond donors (Lipinski definition) is 1. The zero-order valence-corrected chi connectivity index (χ0v) is 20.6. The SMILES string of the molecule is C[C@H](c1ccc(F)cc1F)N1Cc2c(NS(=O)(=O)c3cccc4nsnc34)cc(Br)cc2C1=O. The van der Waals surface area contributed by atoms with Gasteiger partial charge in [-0.2, -0.15) is 8.75 Å². The maximum Gasteiger partial charge on any atom is 0.264 e. The molecular formula is C22H15BrF2N4O3S2. The van der Waals surface area contributed by atoms with Crippen LogP contribution >= 0.6 is 27.7 Å². The van der Waals surface area contributed by atoms with E-state index in [4.69, 9.17) is 0 Å². The van der Waals surface area contributed by atoms with Gasteiger partial charge in [0.05, 0.1) is 23.5 Å².